The molecule has 0 spiro atoms. The van der Waals surface area contributed by atoms with Gasteiger partial charge in [0.2, 0.25) is 0 Å². The Balaban J connectivity index is 2.05. The molecule has 1 atom stereocenters. The molecule has 3 aromatic rings. The maximum absolute atomic E-state index is 14.3. The lowest BCUT2D eigenvalue weighted by atomic mass is 10.0. The molecule has 0 bridgehead atoms. The first-order valence-electron chi connectivity index (χ1n) is 6.72. The van der Waals surface area contributed by atoms with Gasteiger partial charge >= 0.3 is 0 Å². The molecule has 0 radical (unpaired) electrons. The zero-order valence-corrected chi connectivity index (χ0v) is 12.7. The third-order valence-electron chi connectivity index (χ3n) is 3.54. The smallest absolute Gasteiger partial charge is 0.132 e. The fourth-order valence-corrected chi connectivity index (χ4v) is 3.66. The molecule has 0 aliphatic heterocycles. The van der Waals surface area contributed by atoms with Crippen LogP contribution >= 0.6 is 11.3 Å². The van der Waals surface area contributed by atoms with Gasteiger partial charge in [-0.05, 0) is 30.6 Å². The van der Waals surface area contributed by atoms with E-state index in [1.165, 1.54) is 23.3 Å². The molecule has 3 rings (SSSR count). The Morgan fingerprint density at radius 2 is 1.95 bits per heavy atom. The Bertz CT molecular complexity index is 735. The zero-order valence-electron chi connectivity index (χ0n) is 11.9. The zero-order chi connectivity index (χ0) is 14.8. The van der Waals surface area contributed by atoms with Crippen molar-refractivity contribution in [3.63, 3.8) is 0 Å². The molecule has 1 unspecified atom stereocenters. The molecule has 0 aliphatic rings. The molecule has 1 N–H and O–H groups in total. The minimum atomic E-state index is -0.258. The van der Waals surface area contributed by atoms with Crippen molar-refractivity contribution in [3.05, 3.63) is 64.8 Å². The van der Waals surface area contributed by atoms with E-state index in [0.717, 1.165) is 4.88 Å². The summed E-state index contributed by atoms with van der Waals surface area (Å²) in [5.41, 5.74) is 0.629. The van der Waals surface area contributed by atoms with Gasteiger partial charge < -0.3 is 10.1 Å². The van der Waals surface area contributed by atoms with Crippen molar-refractivity contribution in [1.82, 2.24) is 5.32 Å². The predicted molar refractivity (Wildman–Crippen MR) is 85.7 cm³/mol. The number of thiophene rings is 1. The first-order valence-corrected chi connectivity index (χ1v) is 7.53. The van der Waals surface area contributed by atoms with Crippen LogP contribution in [-0.4, -0.2) is 14.2 Å². The van der Waals surface area contributed by atoms with E-state index in [9.17, 15) is 4.39 Å². The highest BCUT2D eigenvalue weighted by Crippen LogP contribution is 2.34. The van der Waals surface area contributed by atoms with Crippen LogP contribution in [0, 0.1) is 5.82 Å². The maximum Gasteiger partial charge on any atom is 0.132 e. The van der Waals surface area contributed by atoms with Gasteiger partial charge in [0, 0.05) is 21.2 Å². The number of methoxy groups -OCH3 is 1. The van der Waals surface area contributed by atoms with Crippen molar-refractivity contribution in [2.24, 2.45) is 0 Å². The largest absolute Gasteiger partial charge is 0.497 e. The molecule has 108 valence electrons. The van der Waals surface area contributed by atoms with Gasteiger partial charge in [-0.2, -0.15) is 0 Å². The van der Waals surface area contributed by atoms with Crippen molar-refractivity contribution >= 4 is 21.4 Å². The summed E-state index contributed by atoms with van der Waals surface area (Å²) in [6.45, 7) is 0. The second kappa shape index (κ2) is 5.84. The molecule has 0 aliphatic carbocycles. The van der Waals surface area contributed by atoms with Gasteiger partial charge in [-0.3, -0.25) is 0 Å². The van der Waals surface area contributed by atoms with Gasteiger partial charge in [-0.1, -0.05) is 24.3 Å². The van der Waals surface area contributed by atoms with E-state index in [1.54, 1.807) is 23.5 Å². The Hall–Kier alpha value is -1.91. The van der Waals surface area contributed by atoms with Crippen LogP contribution in [0.15, 0.2) is 48.5 Å². The van der Waals surface area contributed by atoms with E-state index in [2.05, 4.69) is 23.5 Å². The normalized spacial score (nSPS) is 12.5. The van der Waals surface area contributed by atoms with Gasteiger partial charge in [0.25, 0.3) is 0 Å². The van der Waals surface area contributed by atoms with Gasteiger partial charge in [-0.15, -0.1) is 11.3 Å². The van der Waals surface area contributed by atoms with Crippen LogP contribution < -0.4 is 10.1 Å². The third-order valence-corrected chi connectivity index (χ3v) is 4.72. The van der Waals surface area contributed by atoms with Crippen molar-refractivity contribution in [2.75, 3.05) is 14.2 Å². The molecule has 0 saturated heterocycles. The second-order valence-corrected chi connectivity index (χ2v) is 5.91. The average Bonchev–Trinajstić information content (AvgIpc) is 2.93. The van der Waals surface area contributed by atoms with Crippen molar-refractivity contribution < 1.29 is 9.13 Å². The van der Waals surface area contributed by atoms with Crippen molar-refractivity contribution in [3.8, 4) is 5.75 Å². The van der Waals surface area contributed by atoms with Crippen LogP contribution in [0.2, 0.25) is 0 Å². The molecule has 2 aromatic carbocycles. The van der Waals surface area contributed by atoms with E-state index in [1.807, 2.05) is 19.2 Å². The van der Waals surface area contributed by atoms with Crippen LogP contribution in [-0.2, 0) is 0 Å². The average molecular weight is 301 g/mol. The van der Waals surface area contributed by atoms with E-state index in [4.69, 9.17) is 4.74 Å². The number of ether oxygens (including phenoxy) is 1. The van der Waals surface area contributed by atoms with Crippen molar-refractivity contribution in [2.45, 2.75) is 6.04 Å². The predicted octanol–water partition coefficient (Wildman–Crippen LogP) is 4.36. The summed E-state index contributed by atoms with van der Waals surface area (Å²) in [4.78, 5) is 1.10. The Morgan fingerprint density at radius 3 is 2.62 bits per heavy atom. The third kappa shape index (κ3) is 2.64. The van der Waals surface area contributed by atoms with Crippen LogP contribution in [0.1, 0.15) is 16.5 Å². The van der Waals surface area contributed by atoms with Crippen molar-refractivity contribution in [1.29, 1.82) is 0 Å². The minimum Gasteiger partial charge on any atom is -0.497 e. The Morgan fingerprint density at radius 1 is 1.14 bits per heavy atom. The Kier molecular flexibility index (Phi) is 3.90. The fraction of sp³-hybridized carbons (Fsp3) is 0.176. The van der Waals surface area contributed by atoms with Crippen LogP contribution in [0.5, 0.6) is 5.75 Å². The van der Waals surface area contributed by atoms with E-state index < -0.39 is 0 Å². The lowest BCUT2D eigenvalue weighted by Gasteiger charge is -2.16. The molecule has 0 amide bonds. The summed E-state index contributed by atoms with van der Waals surface area (Å²) in [5.74, 6) is 0.272. The monoisotopic (exact) mass is 301 g/mol. The summed E-state index contributed by atoms with van der Waals surface area (Å²) in [6.07, 6.45) is 0. The number of nitrogens with one attached hydrogen (secondary N) is 1. The molecule has 1 aromatic heterocycles. The number of hydrogen-bond donors (Lipinski definition) is 1. The van der Waals surface area contributed by atoms with Crippen LogP contribution in [0.4, 0.5) is 4.39 Å². The van der Waals surface area contributed by atoms with E-state index in [-0.39, 0.29) is 11.9 Å². The lowest BCUT2D eigenvalue weighted by Crippen LogP contribution is -2.17. The van der Waals surface area contributed by atoms with Gasteiger partial charge in [0.05, 0.1) is 13.2 Å². The van der Waals surface area contributed by atoms with E-state index >= 15 is 0 Å². The second-order valence-electron chi connectivity index (χ2n) is 4.80. The quantitative estimate of drug-likeness (QED) is 0.773. The molecule has 21 heavy (non-hydrogen) atoms. The molecule has 0 fully saturated rings. The maximum atomic E-state index is 14.3. The number of hydrogen-bond acceptors (Lipinski definition) is 3. The summed E-state index contributed by atoms with van der Waals surface area (Å²) in [7, 11) is 3.38. The number of halogens is 1. The number of benzene rings is 2. The molecular formula is C17H16FNOS. The summed E-state index contributed by atoms with van der Waals surface area (Å²) >= 11 is 1.68. The van der Waals surface area contributed by atoms with Gasteiger partial charge in [0.15, 0.2) is 0 Å². The topological polar surface area (TPSA) is 21.3 Å². The first kappa shape index (κ1) is 14.0. The van der Waals surface area contributed by atoms with Gasteiger partial charge in [-0.25, -0.2) is 4.39 Å². The highest BCUT2D eigenvalue weighted by Gasteiger charge is 2.19. The van der Waals surface area contributed by atoms with Gasteiger partial charge in [0.1, 0.15) is 11.6 Å². The molecule has 2 nitrogen and oxygen atoms in total. The van der Waals surface area contributed by atoms with E-state index in [0.29, 0.717) is 11.3 Å². The minimum absolute atomic E-state index is 0.159. The molecular weight excluding hydrogens is 285 g/mol. The first-order chi connectivity index (χ1) is 10.2. The highest BCUT2D eigenvalue weighted by atomic mass is 32.1. The van der Waals surface area contributed by atoms with Crippen LogP contribution in [0.3, 0.4) is 0 Å². The Labute approximate surface area is 127 Å². The fourth-order valence-electron chi connectivity index (χ4n) is 2.46. The highest BCUT2D eigenvalue weighted by molar-refractivity contribution is 7.19. The number of rotatable bonds is 4. The standard InChI is InChI=1S/C17H16FNOS/c1-19-17(13-8-7-12(20-2)10-14(13)18)16-9-11-5-3-4-6-15(11)21-16/h3-10,17,19H,1-2H3. The SMILES string of the molecule is CNC(c1cc2ccccc2s1)c1ccc(OC)cc1F. The summed E-state index contributed by atoms with van der Waals surface area (Å²) < 4.78 is 20.6. The molecule has 0 saturated carbocycles. The van der Waals surface area contributed by atoms with Crippen LogP contribution in [0.25, 0.3) is 10.1 Å². The summed E-state index contributed by atoms with van der Waals surface area (Å²) in [5, 5.41) is 4.39. The molecule has 4 heteroatoms. The summed E-state index contributed by atoms with van der Waals surface area (Å²) in [6, 6.07) is 15.1. The number of fused-ring (bicyclic) bond motifs is 1. The molecule has 1 heterocycles. The lowest BCUT2D eigenvalue weighted by molar-refractivity contribution is 0.410.